The van der Waals surface area contributed by atoms with Crippen LogP contribution in [0.4, 0.5) is 0 Å². The van der Waals surface area contributed by atoms with Crippen LogP contribution in [-0.4, -0.2) is 12.4 Å². The summed E-state index contributed by atoms with van der Waals surface area (Å²) < 4.78 is 28.7. The SMILES string of the molecule is C=CC(C)(CCC=C(C)C)Cc1c(-c2ccccc2)ccn1S(=O)(=O)c1ccc(C)cc1. The molecule has 0 spiro atoms. The van der Waals surface area contributed by atoms with Crippen LogP contribution in [0.2, 0.25) is 0 Å². The molecule has 1 heterocycles. The summed E-state index contributed by atoms with van der Waals surface area (Å²) in [5, 5.41) is 0. The largest absolute Gasteiger partial charge is 0.267 e. The zero-order chi connectivity index (χ0) is 23.4. The molecule has 0 amide bonds. The molecule has 0 aliphatic rings. The molecule has 2 aromatic carbocycles. The van der Waals surface area contributed by atoms with E-state index in [1.54, 1.807) is 18.3 Å². The summed E-state index contributed by atoms with van der Waals surface area (Å²) in [5.74, 6) is 0. The van der Waals surface area contributed by atoms with Gasteiger partial charge in [-0.1, -0.05) is 72.7 Å². The first-order valence-electron chi connectivity index (χ1n) is 11.0. The molecule has 32 heavy (non-hydrogen) atoms. The maximum atomic E-state index is 13.6. The number of aryl methyl sites for hydroxylation is 1. The molecular formula is C28H33NO2S. The first-order chi connectivity index (χ1) is 15.2. The summed E-state index contributed by atoms with van der Waals surface area (Å²) in [6.07, 6.45) is 8.28. The molecular weight excluding hydrogens is 414 g/mol. The quantitative estimate of drug-likeness (QED) is 0.326. The predicted octanol–water partition coefficient (Wildman–Crippen LogP) is 7.18. The van der Waals surface area contributed by atoms with E-state index >= 15 is 0 Å². The summed E-state index contributed by atoms with van der Waals surface area (Å²) in [6.45, 7) is 12.4. The molecule has 0 bridgehead atoms. The van der Waals surface area contributed by atoms with Gasteiger partial charge in [-0.25, -0.2) is 12.4 Å². The number of hydrogen-bond donors (Lipinski definition) is 0. The van der Waals surface area contributed by atoms with Crippen LogP contribution in [0.15, 0.2) is 96.1 Å². The van der Waals surface area contributed by atoms with E-state index < -0.39 is 10.0 Å². The van der Waals surface area contributed by atoms with Gasteiger partial charge in [-0.3, -0.25) is 0 Å². The normalized spacial score (nSPS) is 13.4. The fraction of sp³-hybridized carbons (Fsp3) is 0.286. The van der Waals surface area contributed by atoms with E-state index in [0.717, 1.165) is 35.2 Å². The molecule has 3 aromatic rings. The zero-order valence-corrected chi connectivity index (χ0v) is 20.3. The lowest BCUT2D eigenvalue weighted by Gasteiger charge is -2.27. The molecule has 0 fully saturated rings. The van der Waals surface area contributed by atoms with Crippen molar-refractivity contribution < 1.29 is 8.42 Å². The second-order valence-electron chi connectivity index (χ2n) is 9.01. The first kappa shape index (κ1) is 23.8. The Morgan fingerprint density at radius 1 is 1.03 bits per heavy atom. The van der Waals surface area contributed by atoms with Crippen molar-refractivity contribution in [1.82, 2.24) is 3.97 Å². The Kier molecular flexibility index (Phi) is 7.25. The van der Waals surface area contributed by atoms with E-state index in [1.807, 2.05) is 61.5 Å². The summed E-state index contributed by atoms with van der Waals surface area (Å²) >= 11 is 0. The van der Waals surface area contributed by atoms with E-state index in [0.29, 0.717) is 11.3 Å². The van der Waals surface area contributed by atoms with Gasteiger partial charge >= 0.3 is 0 Å². The molecule has 0 saturated carbocycles. The van der Waals surface area contributed by atoms with Crippen LogP contribution in [0.3, 0.4) is 0 Å². The topological polar surface area (TPSA) is 39.1 Å². The number of rotatable bonds is 9. The van der Waals surface area contributed by atoms with Crippen LogP contribution in [0, 0.1) is 12.3 Å². The third-order valence-corrected chi connectivity index (χ3v) is 7.68. The highest BCUT2D eigenvalue weighted by atomic mass is 32.2. The van der Waals surface area contributed by atoms with Crippen molar-refractivity contribution in [2.75, 3.05) is 0 Å². The molecule has 1 aromatic heterocycles. The highest BCUT2D eigenvalue weighted by Gasteiger charge is 2.28. The Bertz CT molecular complexity index is 1200. The molecule has 0 aliphatic heterocycles. The minimum Gasteiger partial charge on any atom is -0.245 e. The Balaban J connectivity index is 2.11. The first-order valence-corrected chi connectivity index (χ1v) is 12.5. The smallest absolute Gasteiger partial charge is 0.245 e. The number of allylic oxidation sites excluding steroid dienone is 3. The van der Waals surface area contributed by atoms with Crippen LogP contribution in [0.25, 0.3) is 11.1 Å². The van der Waals surface area contributed by atoms with Crippen molar-refractivity contribution in [3.63, 3.8) is 0 Å². The van der Waals surface area contributed by atoms with Gasteiger partial charge in [0.2, 0.25) is 0 Å². The van der Waals surface area contributed by atoms with Crippen molar-refractivity contribution in [1.29, 1.82) is 0 Å². The fourth-order valence-corrected chi connectivity index (χ4v) is 5.27. The highest BCUT2D eigenvalue weighted by molar-refractivity contribution is 7.90. The average molecular weight is 448 g/mol. The Morgan fingerprint density at radius 2 is 1.69 bits per heavy atom. The van der Waals surface area contributed by atoms with Gasteiger partial charge in [0, 0.05) is 17.5 Å². The van der Waals surface area contributed by atoms with Crippen molar-refractivity contribution in [3.8, 4) is 11.1 Å². The van der Waals surface area contributed by atoms with Gasteiger partial charge < -0.3 is 0 Å². The molecule has 168 valence electrons. The summed E-state index contributed by atoms with van der Waals surface area (Å²) in [7, 11) is -3.72. The molecule has 0 N–H and O–H groups in total. The number of benzene rings is 2. The van der Waals surface area contributed by atoms with Crippen molar-refractivity contribution in [2.24, 2.45) is 5.41 Å². The third kappa shape index (κ3) is 5.31. The lowest BCUT2D eigenvalue weighted by Crippen LogP contribution is -2.22. The van der Waals surface area contributed by atoms with Crippen LogP contribution >= 0.6 is 0 Å². The van der Waals surface area contributed by atoms with Gasteiger partial charge in [0.05, 0.1) is 4.90 Å². The summed E-state index contributed by atoms with van der Waals surface area (Å²) in [6, 6.07) is 18.9. The van der Waals surface area contributed by atoms with E-state index in [1.165, 1.54) is 9.55 Å². The molecule has 0 aliphatic carbocycles. The standard InChI is InChI=1S/C28H33NO2S/c1-6-28(5,19-10-11-22(2)3)21-27-26(24-12-8-7-9-13-24)18-20-29(27)32(30,31)25-16-14-23(4)15-17-25/h6-9,11-18,20H,1,10,19,21H2,2-5H3. The molecule has 0 saturated heterocycles. The van der Waals surface area contributed by atoms with Gasteiger partial charge in [0.15, 0.2) is 0 Å². The average Bonchev–Trinajstić information content (AvgIpc) is 3.18. The van der Waals surface area contributed by atoms with E-state index in [4.69, 9.17) is 0 Å². The molecule has 0 radical (unpaired) electrons. The highest BCUT2D eigenvalue weighted by Crippen LogP contribution is 2.36. The Hall–Kier alpha value is -2.85. The predicted molar refractivity (Wildman–Crippen MR) is 134 cm³/mol. The van der Waals surface area contributed by atoms with Crippen LogP contribution in [0.5, 0.6) is 0 Å². The fourth-order valence-electron chi connectivity index (χ4n) is 3.89. The van der Waals surface area contributed by atoms with Crippen LogP contribution in [-0.2, 0) is 16.4 Å². The molecule has 4 heteroatoms. The second-order valence-corrected chi connectivity index (χ2v) is 10.8. The van der Waals surface area contributed by atoms with Crippen molar-refractivity contribution in [3.05, 3.63) is 102 Å². The summed E-state index contributed by atoms with van der Waals surface area (Å²) in [4.78, 5) is 0.296. The van der Waals surface area contributed by atoms with Crippen LogP contribution in [0.1, 0.15) is 44.9 Å². The van der Waals surface area contributed by atoms with Gasteiger partial charge in [0.25, 0.3) is 10.0 Å². The van der Waals surface area contributed by atoms with Crippen LogP contribution < -0.4 is 0 Å². The lowest BCUT2D eigenvalue weighted by atomic mass is 9.80. The van der Waals surface area contributed by atoms with Crippen molar-refractivity contribution in [2.45, 2.75) is 51.9 Å². The maximum Gasteiger partial charge on any atom is 0.267 e. The zero-order valence-electron chi connectivity index (χ0n) is 19.5. The molecule has 1 unspecified atom stereocenters. The van der Waals surface area contributed by atoms with Gasteiger partial charge in [0.1, 0.15) is 0 Å². The van der Waals surface area contributed by atoms with Gasteiger partial charge in [-0.2, -0.15) is 0 Å². The lowest BCUT2D eigenvalue weighted by molar-refractivity contribution is 0.388. The van der Waals surface area contributed by atoms with Gasteiger partial charge in [-0.05, 0) is 69.2 Å². The minimum atomic E-state index is -3.72. The van der Waals surface area contributed by atoms with E-state index in [9.17, 15) is 8.42 Å². The number of nitrogens with zero attached hydrogens (tertiary/aromatic N) is 1. The maximum absolute atomic E-state index is 13.6. The Labute approximate surface area is 193 Å². The van der Waals surface area contributed by atoms with Crippen molar-refractivity contribution >= 4 is 10.0 Å². The van der Waals surface area contributed by atoms with E-state index in [-0.39, 0.29) is 5.41 Å². The molecule has 3 nitrogen and oxygen atoms in total. The van der Waals surface area contributed by atoms with Gasteiger partial charge in [-0.15, -0.1) is 6.58 Å². The summed E-state index contributed by atoms with van der Waals surface area (Å²) in [5.41, 5.74) is 4.81. The number of aromatic nitrogens is 1. The number of hydrogen-bond acceptors (Lipinski definition) is 2. The Morgan fingerprint density at radius 3 is 2.28 bits per heavy atom. The van der Waals surface area contributed by atoms with E-state index in [2.05, 4.69) is 33.4 Å². The minimum absolute atomic E-state index is 0.242. The monoisotopic (exact) mass is 447 g/mol. The second kappa shape index (κ2) is 9.74. The molecule has 3 rings (SSSR count). The molecule has 1 atom stereocenters. The third-order valence-electron chi connectivity index (χ3n) is 5.95.